The number of nitrogen functional groups attached to an aromatic ring is 1. The van der Waals surface area contributed by atoms with Crippen LogP contribution in [-0.4, -0.2) is 15.7 Å². The molecule has 0 spiro atoms. The number of hydrogen-bond donors (Lipinski definition) is 2. The summed E-state index contributed by atoms with van der Waals surface area (Å²) in [6.07, 6.45) is 3.97. The Morgan fingerprint density at radius 1 is 1.35 bits per heavy atom. The SMILES string of the molecule is Cn1ncc(CNC(=O)CCCc2ccccc2)c1N. The van der Waals surface area contributed by atoms with E-state index in [1.165, 1.54) is 5.56 Å². The third kappa shape index (κ3) is 3.85. The van der Waals surface area contributed by atoms with Crippen LogP contribution >= 0.6 is 0 Å². The van der Waals surface area contributed by atoms with Crippen LogP contribution in [0.3, 0.4) is 0 Å². The van der Waals surface area contributed by atoms with E-state index in [0.717, 1.165) is 18.4 Å². The fraction of sp³-hybridized carbons (Fsp3) is 0.333. The number of carbonyl (C=O) groups excluding carboxylic acids is 1. The predicted molar refractivity (Wildman–Crippen MR) is 78.8 cm³/mol. The van der Waals surface area contributed by atoms with Crippen molar-refractivity contribution in [2.75, 3.05) is 5.73 Å². The molecule has 0 unspecified atom stereocenters. The first-order chi connectivity index (χ1) is 9.66. The van der Waals surface area contributed by atoms with Gasteiger partial charge in [0.15, 0.2) is 0 Å². The summed E-state index contributed by atoms with van der Waals surface area (Å²) in [6, 6.07) is 10.2. The highest BCUT2D eigenvalue weighted by atomic mass is 16.1. The molecular weight excluding hydrogens is 252 g/mol. The van der Waals surface area contributed by atoms with Gasteiger partial charge in [0.1, 0.15) is 5.82 Å². The van der Waals surface area contributed by atoms with Crippen molar-refractivity contribution in [2.45, 2.75) is 25.8 Å². The number of aryl methyl sites for hydroxylation is 2. The fourth-order valence-corrected chi connectivity index (χ4v) is 2.01. The molecule has 106 valence electrons. The number of rotatable bonds is 6. The van der Waals surface area contributed by atoms with Crippen LogP contribution in [0.25, 0.3) is 0 Å². The molecule has 20 heavy (non-hydrogen) atoms. The topological polar surface area (TPSA) is 72.9 Å². The highest BCUT2D eigenvalue weighted by Crippen LogP contribution is 2.09. The summed E-state index contributed by atoms with van der Waals surface area (Å²) in [5.41, 5.74) is 7.93. The molecule has 0 aliphatic carbocycles. The first-order valence-corrected chi connectivity index (χ1v) is 6.74. The highest BCUT2D eigenvalue weighted by Gasteiger charge is 2.06. The number of anilines is 1. The molecule has 1 aromatic heterocycles. The smallest absolute Gasteiger partial charge is 0.220 e. The Labute approximate surface area is 118 Å². The molecule has 2 aromatic rings. The first kappa shape index (κ1) is 14.1. The van der Waals surface area contributed by atoms with Crippen LogP contribution in [0.15, 0.2) is 36.5 Å². The van der Waals surface area contributed by atoms with Crippen LogP contribution in [0.4, 0.5) is 5.82 Å². The Morgan fingerprint density at radius 2 is 2.10 bits per heavy atom. The monoisotopic (exact) mass is 272 g/mol. The maximum Gasteiger partial charge on any atom is 0.220 e. The minimum atomic E-state index is 0.0455. The summed E-state index contributed by atoms with van der Waals surface area (Å²) in [4.78, 5) is 11.7. The lowest BCUT2D eigenvalue weighted by Crippen LogP contribution is -2.22. The molecule has 0 aliphatic heterocycles. The average molecular weight is 272 g/mol. The molecule has 0 fully saturated rings. The Bertz CT molecular complexity index is 563. The van der Waals surface area contributed by atoms with Gasteiger partial charge in [-0.25, -0.2) is 0 Å². The average Bonchev–Trinajstić information content (AvgIpc) is 2.78. The van der Waals surface area contributed by atoms with E-state index in [0.29, 0.717) is 18.8 Å². The summed E-state index contributed by atoms with van der Waals surface area (Å²) in [5, 5.41) is 6.90. The van der Waals surface area contributed by atoms with Crippen LogP contribution < -0.4 is 11.1 Å². The molecule has 3 N–H and O–H groups in total. The largest absolute Gasteiger partial charge is 0.384 e. The van der Waals surface area contributed by atoms with Crippen LogP contribution in [0, 0.1) is 0 Å². The second-order valence-corrected chi connectivity index (χ2v) is 4.79. The quantitative estimate of drug-likeness (QED) is 0.839. The van der Waals surface area contributed by atoms with Gasteiger partial charge in [-0.05, 0) is 18.4 Å². The van der Waals surface area contributed by atoms with Crippen molar-refractivity contribution in [2.24, 2.45) is 7.05 Å². The number of carbonyl (C=O) groups is 1. The standard InChI is InChI=1S/C15H20N4O/c1-19-15(16)13(11-18-19)10-17-14(20)9-5-8-12-6-3-2-4-7-12/h2-4,6-7,11H,5,8-10,16H2,1H3,(H,17,20). The van der Waals surface area contributed by atoms with E-state index in [-0.39, 0.29) is 5.91 Å². The third-order valence-electron chi connectivity index (χ3n) is 3.25. The Hall–Kier alpha value is -2.30. The van der Waals surface area contributed by atoms with E-state index in [2.05, 4.69) is 22.5 Å². The molecule has 1 amide bonds. The van der Waals surface area contributed by atoms with Crippen LogP contribution in [0.2, 0.25) is 0 Å². The Balaban J connectivity index is 1.69. The number of benzene rings is 1. The number of hydrogen-bond acceptors (Lipinski definition) is 3. The number of nitrogens with zero attached hydrogens (tertiary/aromatic N) is 2. The zero-order chi connectivity index (χ0) is 14.4. The normalized spacial score (nSPS) is 10.4. The van der Waals surface area contributed by atoms with Crippen molar-refractivity contribution in [3.8, 4) is 0 Å². The molecule has 1 heterocycles. The zero-order valence-electron chi connectivity index (χ0n) is 11.7. The van der Waals surface area contributed by atoms with Gasteiger partial charge in [-0.2, -0.15) is 5.10 Å². The van der Waals surface area contributed by atoms with E-state index in [4.69, 9.17) is 5.73 Å². The molecule has 0 aliphatic rings. The van der Waals surface area contributed by atoms with Gasteiger partial charge >= 0.3 is 0 Å². The summed E-state index contributed by atoms with van der Waals surface area (Å²) < 4.78 is 1.59. The van der Waals surface area contributed by atoms with E-state index in [1.807, 2.05) is 18.2 Å². The maximum atomic E-state index is 11.7. The van der Waals surface area contributed by atoms with Gasteiger partial charge in [0.05, 0.1) is 6.20 Å². The van der Waals surface area contributed by atoms with Crippen LogP contribution in [-0.2, 0) is 24.8 Å². The summed E-state index contributed by atoms with van der Waals surface area (Å²) in [6.45, 7) is 0.434. The molecule has 2 rings (SSSR count). The van der Waals surface area contributed by atoms with Crippen molar-refractivity contribution >= 4 is 11.7 Å². The minimum Gasteiger partial charge on any atom is -0.384 e. The van der Waals surface area contributed by atoms with Crippen molar-refractivity contribution in [1.29, 1.82) is 0 Å². The molecule has 0 saturated carbocycles. The Kier molecular flexibility index (Phi) is 4.76. The van der Waals surface area contributed by atoms with Gasteiger partial charge in [0.25, 0.3) is 0 Å². The molecule has 1 aromatic carbocycles. The summed E-state index contributed by atoms with van der Waals surface area (Å²) in [5.74, 6) is 0.638. The van der Waals surface area contributed by atoms with Gasteiger partial charge in [-0.3, -0.25) is 9.48 Å². The van der Waals surface area contributed by atoms with Gasteiger partial charge in [0, 0.05) is 25.6 Å². The molecule has 0 radical (unpaired) electrons. The molecular formula is C15H20N4O. The number of amides is 1. The van der Waals surface area contributed by atoms with E-state index in [1.54, 1.807) is 17.9 Å². The lowest BCUT2D eigenvalue weighted by Gasteiger charge is -2.05. The minimum absolute atomic E-state index is 0.0455. The van der Waals surface area contributed by atoms with Gasteiger partial charge in [-0.1, -0.05) is 30.3 Å². The van der Waals surface area contributed by atoms with Gasteiger partial charge in [0.2, 0.25) is 5.91 Å². The first-order valence-electron chi connectivity index (χ1n) is 6.74. The van der Waals surface area contributed by atoms with E-state index < -0.39 is 0 Å². The highest BCUT2D eigenvalue weighted by molar-refractivity contribution is 5.76. The van der Waals surface area contributed by atoms with E-state index in [9.17, 15) is 4.79 Å². The van der Waals surface area contributed by atoms with Gasteiger partial charge in [-0.15, -0.1) is 0 Å². The third-order valence-corrected chi connectivity index (χ3v) is 3.25. The lowest BCUT2D eigenvalue weighted by atomic mass is 10.1. The maximum absolute atomic E-state index is 11.7. The number of aromatic nitrogens is 2. The molecule has 0 bridgehead atoms. The molecule has 5 heteroatoms. The van der Waals surface area contributed by atoms with E-state index >= 15 is 0 Å². The van der Waals surface area contributed by atoms with Crippen molar-refractivity contribution in [3.05, 3.63) is 47.7 Å². The van der Waals surface area contributed by atoms with Crippen LogP contribution in [0.5, 0.6) is 0 Å². The lowest BCUT2D eigenvalue weighted by molar-refractivity contribution is -0.121. The second kappa shape index (κ2) is 6.75. The predicted octanol–water partition coefficient (Wildman–Crippen LogP) is 1.64. The molecule has 0 saturated heterocycles. The van der Waals surface area contributed by atoms with Crippen LogP contribution in [0.1, 0.15) is 24.0 Å². The van der Waals surface area contributed by atoms with Crippen molar-refractivity contribution in [3.63, 3.8) is 0 Å². The number of nitrogens with one attached hydrogen (secondary N) is 1. The van der Waals surface area contributed by atoms with Gasteiger partial charge < -0.3 is 11.1 Å². The number of nitrogens with two attached hydrogens (primary N) is 1. The van der Waals surface area contributed by atoms with Crippen molar-refractivity contribution in [1.82, 2.24) is 15.1 Å². The van der Waals surface area contributed by atoms with Crippen molar-refractivity contribution < 1.29 is 4.79 Å². The molecule has 5 nitrogen and oxygen atoms in total. The zero-order valence-corrected chi connectivity index (χ0v) is 11.7. The fourth-order valence-electron chi connectivity index (χ4n) is 2.01. The summed E-state index contributed by atoms with van der Waals surface area (Å²) in [7, 11) is 1.78. The molecule has 0 atom stereocenters. The Morgan fingerprint density at radius 3 is 2.75 bits per heavy atom. The second-order valence-electron chi connectivity index (χ2n) is 4.79. The summed E-state index contributed by atoms with van der Waals surface area (Å²) >= 11 is 0.